The van der Waals surface area contributed by atoms with Crippen molar-refractivity contribution in [2.24, 2.45) is 7.05 Å². The molecule has 24 heavy (non-hydrogen) atoms. The van der Waals surface area contributed by atoms with E-state index < -0.39 is 0 Å². The Hall–Kier alpha value is -2.60. The van der Waals surface area contributed by atoms with Gasteiger partial charge in [-0.25, -0.2) is 4.68 Å². The number of benzene rings is 1. The molecule has 6 nitrogen and oxygen atoms in total. The van der Waals surface area contributed by atoms with Gasteiger partial charge in [0.05, 0.1) is 17.9 Å². The lowest BCUT2D eigenvalue weighted by molar-refractivity contribution is 0.238. The Balaban J connectivity index is 1.52. The van der Waals surface area contributed by atoms with Crippen LogP contribution in [0, 0.1) is 0 Å². The van der Waals surface area contributed by atoms with Gasteiger partial charge in [-0.3, -0.25) is 19.5 Å². The number of hydrogen-bond acceptors (Lipinski definition) is 3. The van der Waals surface area contributed by atoms with Crippen LogP contribution in [-0.2, 0) is 33.1 Å². The number of fused-ring (bicyclic) bond motifs is 1. The minimum atomic E-state index is 0.117. The summed E-state index contributed by atoms with van der Waals surface area (Å²) in [7, 11) is 1.93. The van der Waals surface area contributed by atoms with Crippen molar-refractivity contribution in [3.8, 4) is 0 Å². The first-order chi connectivity index (χ1) is 11.7. The smallest absolute Gasteiger partial charge is 0.270 e. The lowest BCUT2D eigenvalue weighted by atomic mass is 10.1. The van der Waals surface area contributed by atoms with Crippen LogP contribution in [0.2, 0.25) is 0 Å². The van der Waals surface area contributed by atoms with Crippen LogP contribution >= 0.6 is 0 Å². The highest BCUT2D eigenvalue weighted by atomic mass is 16.1. The molecule has 4 rings (SSSR count). The van der Waals surface area contributed by atoms with Crippen LogP contribution in [0.15, 0.2) is 47.4 Å². The van der Waals surface area contributed by atoms with Crippen LogP contribution in [0.25, 0.3) is 0 Å². The van der Waals surface area contributed by atoms with Crippen molar-refractivity contribution in [2.45, 2.75) is 26.1 Å². The van der Waals surface area contributed by atoms with Crippen LogP contribution < -0.4 is 5.56 Å². The molecule has 0 bridgehead atoms. The highest BCUT2D eigenvalue weighted by Gasteiger charge is 2.22. The summed E-state index contributed by atoms with van der Waals surface area (Å²) in [5.41, 5.74) is 4.28. The topological polar surface area (TPSA) is 58.9 Å². The molecule has 0 atom stereocenters. The van der Waals surface area contributed by atoms with E-state index in [0.29, 0.717) is 6.54 Å². The van der Waals surface area contributed by atoms with Crippen molar-refractivity contribution in [2.75, 3.05) is 6.54 Å². The summed E-state index contributed by atoms with van der Waals surface area (Å²) < 4.78 is 3.55. The lowest BCUT2D eigenvalue weighted by Gasteiger charge is -2.24. The molecule has 2 aromatic heterocycles. The first kappa shape index (κ1) is 15.0. The van der Waals surface area contributed by atoms with Gasteiger partial charge in [-0.2, -0.15) is 5.10 Å². The summed E-state index contributed by atoms with van der Waals surface area (Å²) in [4.78, 5) is 14.9. The van der Waals surface area contributed by atoms with E-state index in [1.807, 2.05) is 54.3 Å². The molecule has 0 amide bonds. The van der Waals surface area contributed by atoms with Gasteiger partial charge in [0.1, 0.15) is 0 Å². The van der Waals surface area contributed by atoms with Gasteiger partial charge in [0.15, 0.2) is 0 Å². The minimum absolute atomic E-state index is 0.117. The molecule has 0 aliphatic carbocycles. The van der Waals surface area contributed by atoms with Crippen LogP contribution in [-0.4, -0.2) is 31.0 Å². The van der Waals surface area contributed by atoms with E-state index in [1.54, 1.807) is 4.68 Å². The summed E-state index contributed by atoms with van der Waals surface area (Å²) in [6, 6.07) is 12.1. The third-order valence-corrected chi connectivity index (χ3v) is 4.54. The van der Waals surface area contributed by atoms with Crippen LogP contribution in [0.4, 0.5) is 0 Å². The van der Waals surface area contributed by atoms with E-state index in [9.17, 15) is 4.79 Å². The fourth-order valence-corrected chi connectivity index (χ4v) is 3.32. The normalized spacial score (nSPS) is 14.7. The summed E-state index contributed by atoms with van der Waals surface area (Å²) in [5, 5.41) is 7.75. The van der Waals surface area contributed by atoms with Gasteiger partial charge in [-0.05, 0) is 18.1 Å². The zero-order valence-electron chi connectivity index (χ0n) is 13.8. The second-order valence-electron chi connectivity index (χ2n) is 6.39. The number of aryl methyl sites for hydroxylation is 1. The van der Waals surface area contributed by atoms with Crippen LogP contribution in [0.3, 0.4) is 0 Å². The van der Waals surface area contributed by atoms with Crippen LogP contribution in [0.5, 0.6) is 0 Å². The quantitative estimate of drug-likeness (QED) is 0.792. The maximum absolute atomic E-state index is 12.6. The molecule has 0 fully saturated rings. The van der Waals surface area contributed by atoms with E-state index in [1.165, 1.54) is 0 Å². The average Bonchev–Trinajstić information content (AvgIpc) is 3.12. The zero-order valence-corrected chi connectivity index (χ0v) is 13.8. The number of aromatic amines is 1. The summed E-state index contributed by atoms with van der Waals surface area (Å²) in [6.07, 6.45) is 2.75. The number of nitrogens with zero attached hydrogens (tertiary/aromatic N) is 4. The highest BCUT2D eigenvalue weighted by molar-refractivity contribution is 5.22. The molecule has 0 spiro atoms. The molecule has 1 aliphatic heterocycles. The van der Waals surface area contributed by atoms with Crippen molar-refractivity contribution < 1.29 is 0 Å². The Morgan fingerprint density at radius 3 is 2.75 bits per heavy atom. The van der Waals surface area contributed by atoms with E-state index in [2.05, 4.69) is 15.1 Å². The van der Waals surface area contributed by atoms with Crippen molar-refractivity contribution in [3.63, 3.8) is 0 Å². The SMILES string of the molecule is Cn1ccc(CN2CCc3c([nH]n(Cc4ccccc4)c3=O)C2)n1. The Bertz CT molecular complexity index is 890. The molecule has 124 valence electrons. The van der Waals surface area contributed by atoms with E-state index in [4.69, 9.17) is 0 Å². The molecule has 3 aromatic rings. The molecule has 0 saturated heterocycles. The Morgan fingerprint density at radius 2 is 2.00 bits per heavy atom. The first-order valence-corrected chi connectivity index (χ1v) is 8.24. The standard InChI is InChI=1S/C18H21N5O/c1-21-9-7-15(19-21)12-22-10-8-16-17(13-22)20-23(18(16)24)11-14-5-3-2-4-6-14/h2-7,9,20H,8,10-13H2,1H3. The molecule has 3 heterocycles. The second kappa shape index (κ2) is 6.13. The third-order valence-electron chi connectivity index (χ3n) is 4.54. The van der Waals surface area contributed by atoms with Crippen molar-refractivity contribution in [1.82, 2.24) is 24.5 Å². The third kappa shape index (κ3) is 2.92. The molecule has 0 unspecified atom stereocenters. The summed E-state index contributed by atoms with van der Waals surface area (Å²) in [5.74, 6) is 0. The molecular weight excluding hydrogens is 302 g/mol. The number of H-pyrrole nitrogens is 1. The number of nitrogens with one attached hydrogen (secondary N) is 1. The van der Waals surface area contributed by atoms with Gasteiger partial charge in [-0.1, -0.05) is 30.3 Å². The van der Waals surface area contributed by atoms with Gasteiger partial charge in [0, 0.05) is 38.4 Å². The van der Waals surface area contributed by atoms with Gasteiger partial charge in [0.2, 0.25) is 0 Å². The Kier molecular flexibility index (Phi) is 3.82. The fourth-order valence-electron chi connectivity index (χ4n) is 3.32. The molecule has 0 radical (unpaired) electrons. The van der Waals surface area contributed by atoms with Crippen molar-refractivity contribution in [1.29, 1.82) is 0 Å². The summed E-state index contributed by atoms with van der Waals surface area (Å²) >= 11 is 0. The van der Waals surface area contributed by atoms with E-state index in [-0.39, 0.29) is 5.56 Å². The Labute approximate surface area is 140 Å². The minimum Gasteiger partial charge on any atom is -0.298 e. The van der Waals surface area contributed by atoms with Gasteiger partial charge in [-0.15, -0.1) is 0 Å². The maximum Gasteiger partial charge on any atom is 0.270 e. The van der Waals surface area contributed by atoms with E-state index >= 15 is 0 Å². The molecular formula is C18H21N5O. The maximum atomic E-state index is 12.6. The zero-order chi connectivity index (χ0) is 16.5. The van der Waals surface area contributed by atoms with Crippen molar-refractivity contribution >= 4 is 0 Å². The monoisotopic (exact) mass is 323 g/mol. The number of rotatable bonds is 4. The molecule has 1 N–H and O–H groups in total. The van der Waals surface area contributed by atoms with Gasteiger partial charge >= 0.3 is 0 Å². The van der Waals surface area contributed by atoms with Gasteiger partial charge < -0.3 is 0 Å². The van der Waals surface area contributed by atoms with Crippen molar-refractivity contribution in [3.05, 3.63) is 75.5 Å². The van der Waals surface area contributed by atoms with Gasteiger partial charge in [0.25, 0.3) is 5.56 Å². The number of hydrogen-bond donors (Lipinski definition) is 1. The van der Waals surface area contributed by atoms with E-state index in [0.717, 1.165) is 48.6 Å². The number of aromatic nitrogens is 4. The highest BCUT2D eigenvalue weighted by Crippen LogP contribution is 2.16. The molecule has 0 saturated carbocycles. The largest absolute Gasteiger partial charge is 0.298 e. The molecule has 1 aromatic carbocycles. The first-order valence-electron chi connectivity index (χ1n) is 8.24. The summed E-state index contributed by atoms with van der Waals surface area (Å²) in [6.45, 7) is 3.06. The van der Waals surface area contributed by atoms with Crippen LogP contribution in [0.1, 0.15) is 22.5 Å². The predicted molar refractivity (Wildman–Crippen MR) is 91.6 cm³/mol. The predicted octanol–water partition coefficient (Wildman–Crippen LogP) is 1.52. The Morgan fingerprint density at radius 1 is 1.17 bits per heavy atom. The lowest BCUT2D eigenvalue weighted by Crippen LogP contribution is -2.32. The second-order valence-corrected chi connectivity index (χ2v) is 6.39. The fraction of sp³-hybridized carbons (Fsp3) is 0.333. The molecule has 1 aliphatic rings. The molecule has 6 heteroatoms. The average molecular weight is 323 g/mol.